The molecule has 2 aromatic heterocycles. The molecule has 3 aromatic rings. The van der Waals surface area contributed by atoms with E-state index < -0.39 is 0 Å². The molecule has 3 rings (SSSR count). The molecular weight excluding hydrogens is 312 g/mol. The van der Waals surface area contributed by atoms with E-state index in [1.807, 2.05) is 38.2 Å². The van der Waals surface area contributed by atoms with E-state index in [1.54, 1.807) is 7.11 Å². The van der Waals surface area contributed by atoms with E-state index in [0.717, 1.165) is 39.3 Å². The number of aromatic amines is 1. The molecule has 120 valence electrons. The van der Waals surface area contributed by atoms with Gasteiger partial charge in [0.25, 0.3) is 5.56 Å². The van der Waals surface area contributed by atoms with Crippen molar-refractivity contribution in [1.29, 1.82) is 0 Å². The van der Waals surface area contributed by atoms with Crippen LogP contribution in [0.5, 0.6) is 5.75 Å². The summed E-state index contributed by atoms with van der Waals surface area (Å²) in [5.41, 5.74) is 2.39. The van der Waals surface area contributed by atoms with Gasteiger partial charge in [-0.25, -0.2) is 0 Å². The van der Waals surface area contributed by atoms with Gasteiger partial charge in [0.1, 0.15) is 5.75 Å². The molecule has 6 nitrogen and oxygen atoms in total. The molecule has 2 heterocycles. The van der Waals surface area contributed by atoms with E-state index in [9.17, 15) is 4.79 Å². The molecule has 0 aliphatic heterocycles. The molecule has 0 saturated heterocycles. The van der Waals surface area contributed by atoms with Crippen molar-refractivity contribution in [2.75, 3.05) is 14.2 Å². The van der Waals surface area contributed by atoms with Crippen molar-refractivity contribution in [2.24, 2.45) is 0 Å². The summed E-state index contributed by atoms with van der Waals surface area (Å²) >= 11 is 1.40. The Bertz CT molecular complexity index is 887. The van der Waals surface area contributed by atoms with Gasteiger partial charge in [-0.15, -0.1) is 5.10 Å². The highest BCUT2D eigenvalue weighted by Crippen LogP contribution is 2.19. The lowest BCUT2D eigenvalue weighted by Gasteiger charge is -2.15. The second-order valence-corrected chi connectivity index (χ2v) is 6.37. The molecule has 1 aromatic carbocycles. The maximum absolute atomic E-state index is 12.3. The van der Waals surface area contributed by atoms with Crippen molar-refractivity contribution in [3.8, 4) is 5.75 Å². The summed E-state index contributed by atoms with van der Waals surface area (Å²) in [6.07, 6.45) is 0. The standard InChI is InChI=1S/C16H18N4O2S/c1-10-15(23-19-18-10)9-20(2)8-12-6-11-4-5-13(22-3)7-14(11)17-16(12)21/h4-7H,8-9H2,1-3H3,(H,17,21). The minimum Gasteiger partial charge on any atom is -0.497 e. The molecule has 0 spiro atoms. The fourth-order valence-corrected chi connectivity index (χ4v) is 3.17. The quantitative estimate of drug-likeness (QED) is 0.777. The topological polar surface area (TPSA) is 71.1 Å². The highest BCUT2D eigenvalue weighted by molar-refractivity contribution is 7.05. The number of benzene rings is 1. The van der Waals surface area contributed by atoms with Crippen molar-refractivity contribution in [3.63, 3.8) is 0 Å². The van der Waals surface area contributed by atoms with Crippen molar-refractivity contribution < 1.29 is 4.74 Å². The van der Waals surface area contributed by atoms with Crippen LogP contribution < -0.4 is 10.3 Å². The minimum absolute atomic E-state index is 0.0724. The fraction of sp³-hybridized carbons (Fsp3) is 0.312. The molecule has 23 heavy (non-hydrogen) atoms. The van der Waals surface area contributed by atoms with Crippen molar-refractivity contribution in [2.45, 2.75) is 20.0 Å². The van der Waals surface area contributed by atoms with E-state index in [0.29, 0.717) is 6.54 Å². The number of nitrogens with one attached hydrogen (secondary N) is 1. The second-order valence-electron chi connectivity index (χ2n) is 5.53. The molecule has 7 heteroatoms. The summed E-state index contributed by atoms with van der Waals surface area (Å²) < 4.78 is 9.13. The average Bonchev–Trinajstić information content (AvgIpc) is 2.92. The molecule has 0 aliphatic rings. The van der Waals surface area contributed by atoms with Crippen LogP contribution in [0.4, 0.5) is 0 Å². The van der Waals surface area contributed by atoms with Crippen LogP contribution in [0.15, 0.2) is 29.1 Å². The average molecular weight is 330 g/mol. The monoisotopic (exact) mass is 330 g/mol. The fourth-order valence-electron chi connectivity index (χ4n) is 2.46. The molecule has 0 unspecified atom stereocenters. The maximum atomic E-state index is 12.3. The van der Waals surface area contributed by atoms with Crippen LogP contribution >= 0.6 is 11.5 Å². The van der Waals surface area contributed by atoms with E-state index >= 15 is 0 Å². The summed E-state index contributed by atoms with van der Waals surface area (Å²) in [5.74, 6) is 0.728. The number of aromatic nitrogens is 3. The lowest BCUT2D eigenvalue weighted by Crippen LogP contribution is -2.23. The van der Waals surface area contributed by atoms with E-state index in [-0.39, 0.29) is 5.56 Å². The number of pyridine rings is 1. The number of hydrogen-bond acceptors (Lipinski definition) is 6. The van der Waals surface area contributed by atoms with Crippen LogP contribution in [0.25, 0.3) is 10.9 Å². The Morgan fingerprint density at radius 2 is 2.13 bits per heavy atom. The van der Waals surface area contributed by atoms with E-state index in [1.165, 1.54) is 11.5 Å². The predicted molar refractivity (Wildman–Crippen MR) is 90.9 cm³/mol. The van der Waals surface area contributed by atoms with Gasteiger partial charge >= 0.3 is 0 Å². The van der Waals surface area contributed by atoms with Crippen LogP contribution in [0.1, 0.15) is 16.1 Å². The number of ether oxygens (including phenoxy) is 1. The Kier molecular flexibility index (Phi) is 4.40. The van der Waals surface area contributed by atoms with E-state index in [2.05, 4.69) is 19.5 Å². The van der Waals surface area contributed by atoms with Gasteiger partial charge in [-0.2, -0.15) is 0 Å². The summed E-state index contributed by atoms with van der Waals surface area (Å²) in [6, 6.07) is 7.60. The molecule has 0 saturated carbocycles. The predicted octanol–water partition coefficient (Wildman–Crippen LogP) is 2.33. The van der Waals surface area contributed by atoms with Crippen LogP contribution in [0, 0.1) is 6.92 Å². The minimum atomic E-state index is -0.0724. The van der Waals surface area contributed by atoms with Gasteiger partial charge < -0.3 is 9.72 Å². The molecule has 1 N–H and O–H groups in total. The zero-order chi connectivity index (χ0) is 16.4. The van der Waals surface area contributed by atoms with Crippen LogP contribution in [0.3, 0.4) is 0 Å². The molecule has 0 fully saturated rings. The number of methoxy groups -OCH3 is 1. The third kappa shape index (κ3) is 3.40. The van der Waals surface area contributed by atoms with Crippen LogP contribution in [0.2, 0.25) is 0 Å². The van der Waals surface area contributed by atoms with Gasteiger partial charge in [-0.1, -0.05) is 4.49 Å². The highest BCUT2D eigenvalue weighted by atomic mass is 32.1. The lowest BCUT2D eigenvalue weighted by atomic mass is 10.1. The molecule has 0 atom stereocenters. The summed E-state index contributed by atoms with van der Waals surface area (Å²) in [7, 11) is 3.59. The summed E-state index contributed by atoms with van der Waals surface area (Å²) in [6.45, 7) is 3.24. The first kappa shape index (κ1) is 15.6. The Balaban J connectivity index is 1.83. The van der Waals surface area contributed by atoms with Crippen LogP contribution in [-0.4, -0.2) is 33.6 Å². The second kappa shape index (κ2) is 6.47. The number of H-pyrrole nitrogens is 1. The third-order valence-corrected chi connectivity index (χ3v) is 4.54. The third-order valence-electron chi connectivity index (χ3n) is 3.73. The Morgan fingerprint density at radius 3 is 2.83 bits per heavy atom. The Morgan fingerprint density at radius 1 is 1.30 bits per heavy atom. The molecular formula is C16H18N4O2S. The first-order chi connectivity index (χ1) is 11.1. The first-order valence-electron chi connectivity index (χ1n) is 7.23. The molecule has 0 bridgehead atoms. The molecule has 0 aliphatic carbocycles. The first-order valence-corrected chi connectivity index (χ1v) is 8.00. The largest absolute Gasteiger partial charge is 0.497 e. The number of aryl methyl sites for hydroxylation is 1. The number of nitrogens with zero attached hydrogens (tertiary/aromatic N) is 3. The van der Waals surface area contributed by atoms with Crippen molar-refractivity contribution >= 4 is 22.4 Å². The van der Waals surface area contributed by atoms with Gasteiger partial charge in [0.2, 0.25) is 0 Å². The number of fused-ring (bicyclic) bond motifs is 1. The van der Waals surface area contributed by atoms with Gasteiger partial charge in [0, 0.05) is 24.7 Å². The number of rotatable bonds is 5. The summed E-state index contributed by atoms with van der Waals surface area (Å²) in [5, 5.41) is 5.00. The maximum Gasteiger partial charge on any atom is 0.252 e. The zero-order valence-electron chi connectivity index (χ0n) is 13.3. The smallest absolute Gasteiger partial charge is 0.252 e. The van der Waals surface area contributed by atoms with Gasteiger partial charge in [-0.05, 0) is 49.1 Å². The number of hydrogen-bond donors (Lipinski definition) is 1. The zero-order valence-corrected chi connectivity index (χ0v) is 14.1. The normalized spacial score (nSPS) is 11.3. The van der Waals surface area contributed by atoms with Crippen molar-refractivity contribution in [3.05, 3.63) is 50.8 Å². The van der Waals surface area contributed by atoms with Crippen molar-refractivity contribution in [1.82, 2.24) is 19.5 Å². The summed E-state index contributed by atoms with van der Waals surface area (Å²) in [4.78, 5) is 18.4. The molecule has 0 radical (unpaired) electrons. The lowest BCUT2D eigenvalue weighted by molar-refractivity contribution is 0.320. The van der Waals surface area contributed by atoms with Gasteiger partial charge in [-0.3, -0.25) is 9.69 Å². The van der Waals surface area contributed by atoms with Gasteiger partial charge in [0.05, 0.1) is 23.2 Å². The van der Waals surface area contributed by atoms with E-state index in [4.69, 9.17) is 4.74 Å². The van der Waals surface area contributed by atoms with Crippen LogP contribution in [-0.2, 0) is 13.1 Å². The molecule has 0 amide bonds. The SMILES string of the molecule is COc1ccc2cc(CN(C)Cc3snnc3C)c(=O)[nH]c2c1. The van der Waals surface area contributed by atoms with Gasteiger partial charge in [0.15, 0.2) is 0 Å². The Hall–Kier alpha value is -2.25. The Labute approximate surface area is 137 Å². The highest BCUT2D eigenvalue weighted by Gasteiger charge is 2.10.